The van der Waals surface area contributed by atoms with E-state index >= 15 is 0 Å². The van der Waals surface area contributed by atoms with Gasteiger partial charge in [0.15, 0.2) is 10.7 Å². The number of benzene rings is 2. The molecule has 15 heteroatoms. The third-order valence-electron chi connectivity index (χ3n) is 8.44. The molecule has 1 aromatic heterocycles. The van der Waals surface area contributed by atoms with Crippen molar-refractivity contribution >= 4 is 33.3 Å². The number of hydrogen-bond acceptors (Lipinski definition) is 9. The van der Waals surface area contributed by atoms with Crippen molar-refractivity contribution in [3.8, 4) is 5.75 Å². The molecule has 13 nitrogen and oxygen atoms in total. The van der Waals surface area contributed by atoms with E-state index < -0.39 is 39.9 Å². The quantitative estimate of drug-likeness (QED) is 0.287. The molecule has 0 saturated carbocycles. The third kappa shape index (κ3) is 9.70. The molecule has 268 valence electrons. The van der Waals surface area contributed by atoms with Crippen LogP contribution in [-0.2, 0) is 14.8 Å². The number of sulfonamides is 1. The molecule has 0 fully saturated rings. The summed E-state index contributed by atoms with van der Waals surface area (Å²) in [5.74, 6) is -0.798. The molecule has 0 aliphatic carbocycles. The van der Waals surface area contributed by atoms with Crippen molar-refractivity contribution in [2.24, 2.45) is 5.92 Å². The number of carbonyl (C=O) groups excluding carboxylic acids is 2. The van der Waals surface area contributed by atoms with E-state index in [2.05, 4.69) is 15.2 Å². The molecule has 4 rings (SSSR count). The number of rotatable bonds is 8. The molecule has 1 aliphatic heterocycles. The first-order valence-electron chi connectivity index (χ1n) is 16.3. The summed E-state index contributed by atoms with van der Waals surface area (Å²) < 4.78 is 60.1. The van der Waals surface area contributed by atoms with E-state index in [4.69, 9.17) is 14.0 Å². The van der Waals surface area contributed by atoms with Gasteiger partial charge in [-0.2, -0.15) is 0 Å². The number of amides is 3. The van der Waals surface area contributed by atoms with Crippen LogP contribution in [-0.4, -0.2) is 92.0 Å². The maximum Gasteiger partial charge on any atom is 0.321 e. The Labute approximate surface area is 286 Å². The molecule has 3 N–H and O–H groups in total. The van der Waals surface area contributed by atoms with Crippen molar-refractivity contribution in [1.29, 1.82) is 0 Å². The lowest BCUT2D eigenvalue weighted by Crippen LogP contribution is -2.48. The van der Waals surface area contributed by atoms with Crippen LogP contribution in [0.25, 0.3) is 0 Å². The summed E-state index contributed by atoms with van der Waals surface area (Å²) in [5.41, 5.74) is 0.881. The molecule has 0 spiro atoms. The molecular formula is C34H46FN5O8S. The minimum absolute atomic E-state index is 0.0875. The van der Waals surface area contributed by atoms with Gasteiger partial charge in [-0.05, 0) is 89.4 Å². The Morgan fingerprint density at radius 2 is 1.84 bits per heavy atom. The summed E-state index contributed by atoms with van der Waals surface area (Å²) in [4.78, 5) is 30.3. The van der Waals surface area contributed by atoms with Gasteiger partial charge in [0, 0.05) is 44.0 Å². The Bertz CT molecular complexity index is 1680. The maximum absolute atomic E-state index is 14.4. The number of aromatic nitrogens is 1. The largest absolute Gasteiger partial charge is 0.490 e. The highest BCUT2D eigenvalue weighted by Gasteiger charge is 2.32. The number of halogens is 1. The van der Waals surface area contributed by atoms with E-state index in [1.54, 1.807) is 20.0 Å². The lowest BCUT2D eigenvalue weighted by Gasteiger charge is -2.35. The van der Waals surface area contributed by atoms with Crippen LogP contribution in [0.1, 0.15) is 61.8 Å². The average Bonchev–Trinajstić information content (AvgIpc) is 3.41. The van der Waals surface area contributed by atoms with E-state index in [1.165, 1.54) is 60.0 Å². The zero-order valence-corrected chi connectivity index (χ0v) is 29.5. The normalized spacial score (nSPS) is 20.0. The van der Waals surface area contributed by atoms with Gasteiger partial charge in [0.05, 0.1) is 30.4 Å². The van der Waals surface area contributed by atoms with Gasteiger partial charge in [-0.1, -0.05) is 12.1 Å². The molecule has 49 heavy (non-hydrogen) atoms. The molecule has 2 heterocycles. The van der Waals surface area contributed by atoms with E-state index in [-0.39, 0.29) is 65.1 Å². The Balaban J connectivity index is 1.63. The van der Waals surface area contributed by atoms with Crippen LogP contribution >= 0.6 is 0 Å². The first-order valence-corrected chi connectivity index (χ1v) is 17.8. The summed E-state index contributed by atoms with van der Waals surface area (Å²) >= 11 is 0. The van der Waals surface area contributed by atoms with E-state index in [1.807, 2.05) is 13.8 Å². The molecule has 3 amide bonds. The monoisotopic (exact) mass is 703 g/mol. The molecule has 0 saturated heterocycles. The summed E-state index contributed by atoms with van der Waals surface area (Å²) in [5, 5.41) is 16.7. The fraction of sp³-hybridized carbons (Fsp3) is 0.500. The Morgan fingerprint density at radius 1 is 1.14 bits per heavy atom. The van der Waals surface area contributed by atoms with E-state index in [0.29, 0.717) is 18.7 Å². The second-order valence-electron chi connectivity index (χ2n) is 12.6. The minimum Gasteiger partial charge on any atom is -0.490 e. The number of carbonyl (C=O) groups is 2. The minimum atomic E-state index is -4.11. The Kier molecular flexibility index (Phi) is 12.6. The molecule has 0 unspecified atom stereocenters. The fourth-order valence-corrected chi connectivity index (χ4v) is 7.00. The number of aryl methyl sites for hydroxylation is 2. The second-order valence-corrected chi connectivity index (χ2v) is 14.2. The van der Waals surface area contributed by atoms with E-state index in [9.17, 15) is 27.5 Å². The molecular weight excluding hydrogens is 657 g/mol. The standard InChI is InChI=1S/C34H46FN5O8S/c1-21-18-40(22(2)20-41)33(42)29-17-28(38-49(44,45)32-24(4)37-48-25(32)5)14-15-30(29)47-23(3)9-7-8-16-46-31(21)19-39(6)34(43)36-27-12-10-26(35)11-13-27/h10-15,17,21-23,31,38,41H,7-9,16,18-20H2,1-6H3,(H,36,43)/t21-,22-,23-,31-/m1/s1. The van der Waals surface area contributed by atoms with Crippen LogP contribution in [0.5, 0.6) is 5.75 Å². The van der Waals surface area contributed by atoms with Gasteiger partial charge < -0.3 is 34.2 Å². The molecule has 0 radical (unpaired) electrons. The van der Waals surface area contributed by atoms with Crippen LogP contribution in [0.3, 0.4) is 0 Å². The van der Waals surface area contributed by atoms with Crippen molar-refractivity contribution < 1.29 is 41.5 Å². The summed E-state index contributed by atoms with van der Waals surface area (Å²) in [6, 6.07) is 8.92. The Morgan fingerprint density at radius 3 is 2.49 bits per heavy atom. The number of nitrogens with one attached hydrogen (secondary N) is 2. The second kappa shape index (κ2) is 16.5. The van der Waals surface area contributed by atoms with Gasteiger partial charge in [0.1, 0.15) is 17.3 Å². The predicted molar refractivity (Wildman–Crippen MR) is 182 cm³/mol. The molecule has 2 aromatic carbocycles. The number of aliphatic hydroxyl groups is 1. The first kappa shape index (κ1) is 37.6. The van der Waals surface area contributed by atoms with Crippen LogP contribution in [0.15, 0.2) is 51.9 Å². The first-order chi connectivity index (χ1) is 23.2. The van der Waals surface area contributed by atoms with Gasteiger partial charge in [-0.3, -0.25) is 9.52 Å². The lowest BCUT2D eigenvalue weighted by molar-refractivity contribution is -0.0115. The fourth-order valence-electron chi connectivity index (χ4n) is 5.62. The highest BCUT2D eigenvalue weighted by molar-refractivity contribution is 7.92. The zero-order valence-electron chi connectivity index (χ0n) is 28.7. The van der Waals surface area contributed by atoms with Crippen LogP contribution in [0.2, 0.25) is 0 Å². The highest BCUT2D eigenvalue weighted by Crippen LogP contribution is 2.30. The number of ether oxygens (including phenoxy) is 2. The summed E-state index contributed by atoms with van der Waals surface area (Å²) in [6.45, 7) is 8.94. The van der Waals surface area contributed by atoms with Gasteiger partial charge in [0.25, 0.3) is 15.9 Å². The third-order valence-corrected chi connectivity index (χ3v) is 10.1. The van der Waals surface area contributed by atoms with Crippen molar-refractivity contribution in [3.05, 3.63) is 65.3 Å². The number of likely N-dealkylation sites (N-methyl/N-ethyl adjacent to an activating group) is 1. The number of hydrogen-bond donors (Lipinski definition) is 3. The molecule has 0 bridgehead atoms. The predicted octanol–water partition coefficient (Wildman–Crippen LogP) is 5.19. The average molecular weight is 704 g/mol. The maximum atomic E-state index is 14.4. The lowest BCUT2D eigenvalue weighted by atomic mass is 10.0. The van der Waals surface area contributed by atoms with Crippen molar-refractivity contribution in [2.75, 3.05) is 43.4 Å². The topological polar surface area (TPSA) is 164 Å². The smallest absolute Gasteiger partial charge is 0.321 e. The number of urea groups is 1. The van der Waals surface area contributed by atoms with Crippen LogP contribution < -0.4 is 14.8 Å². The van der Waals surface area contributed by atoms with Gasteiger partial charge in [0.2, 0.25) is 0 Å². The number of fused-ring (bicyclic) bond motifs is 1. The highest BCUT2D eigenvalue weighted by atomic mass is 32.2. The molecule has 4 atom stereocenters. The van der Waals surface area contributed by atoms with Crippen molar-refractivity contribution in [3.63, 3.8) is 0 Å². The SMILES string of the molecule is Cc1noc(C)c1S(=O)(=O)Nc1ccc2c(c1)C(=O)N([C@H](C)CO)C[C@@H](C)[C@@H](CN(C)C(=O)Nc1ccc(F)cc1)OCCCC[C@@H](C)O2. The number of nitrogens with zero attached hydrogens (tertiary/aromatic N) is 3. The van der Waals surface area contributed by atoms with Crippen LogP contribution in [0, 0.1) is 25.6 Å². The number of aliphatic hydroxyl groups excluding tert-OH is 1. The van der Waals surface area contributed by atoms with E-state index in [0.717, 1.165) is 12.8 Å². The molecule has 1 aliphatic rings. The summed E-state index contributed by atoms with van der Waals surface area (Å²) in [6.07, 6.45) is 1.39. The van der Waals surface area contributed by atoms with Gasteiger partial charge in [-0.15, -0.1) is 0 Å². The Hall–Kier alpha value is -4.21. The zero-order chi connectivity index (χ0) is 35.9. The molecule has 3 aromatic rings. The summed E-state index contributed by atoms with van der Waals surface area (Å²) in [7, 11) is -2.48. The van der Waals surface area contributed by atoms with Gasteiger partial charge in [-0.25, -0.2) is 17.6 Å². The van der Waals surface area contributed by atoms with Crippen molar-refractivity contribution in [1.82, 2.24) is 15.0 Å². The number of anilines is 2. The van der Waals surface area contributed by atoms with Crippen molar-refractivity contribution in [2.45, 2.75) is 77.0 Å². The van der Waals surface area contributed by atoms with Crippen LogP contribution in [0.4, 0.5) is 20.6 Å². The van der Waals surface area contributed by atoms with Gasteiger partial charge >= 0.3 is 6.03 Å².